The van der Waals surface area contributed by atoms with Crippen LogP contribution in [0, 0.1) is 0 Å². The highest BCUT2D eigenvalue weighted by Gasteiger charge is 2.07. The Labute approximate surface area is 86.9 Å². The summed E-state index contributed by atoms with van der Waals surface area (Å²) in [5.41, 5.74) is 12.6. The van der Waals surface area contributed by atoms with Gasteiger partial charge in [0.2, 0.25) is 0 Å². The van der Waals surface area contributed by atoms with Gasteiger partial charge in [-0.2, -0.15) is 5.10 Å². The summed E-state index contributed by atoms with van der Waals surface area (Å²) in [5, 5.41) is 4.28. The molecular weight excluding hydrogens is 192 g/mol. The zero-order valence-corrected chi connectivity index (χ0v) is 8.17. The van der Waals surface area contributed by atoms with Gasteiger partial charge in [-0.3, -0.25) is 9.97 Å². The van der Waals surface area contributed by atoms with Gasteiger partial charge < -0.3 is 11.5 Å². The van der Waals surface area contributed by atoms with Crippen molar-refractivity contribution in [2.75, 3.05) is 12.3 Å². The van der Waals surface area contributed by atoms with Crippen LogP contribution in [0.3, 0.4) is 0 Å². The summed E-state index contributed by atoms with van der Waals surface area (Å²) < 4.78 is 1.66. The Morgan fingerprint density at radius 2 is 2.13 bits per heavy atom. The number of hydrogen-bond donors (Lipinski definition) is 2. The summed E-state index contributed by atoms with van der Waals surface area (Å²) in [5.74, 6) is 0.584. The highest BCUT2D eigenvalue weighted by atomic mass is 15.3. The smallest absolute Gasteiger partial charge is 0.122 e. The molecule has 15 heavy (non-hydrogen) atoms. The standard InChI is InChI=1S/C9H12N6/c10-1-4-15-9(11)5-7(14-15)8-6-12-2-3-13-8/h2-3,5-6H,1,4,10-11H2. The zero-order chi connectivity index (χ0) is 10.7. The first-order chi connectivity index (χ1) is 7.31. The minimum Gasteiger partial charge on any atom is -0.384 e. The third-order valence-electron chi connectivity index (χ3n) is 1.98. The van der Waals surface area contributed by atoms with E-state index in [0.717, 1.165) is 0 Å². The largest absolute Gasteiger partial charge is 0.384 e. The molecule has 78 valence electrons. The van der Waals surface area contributed by atoms with E-state index in [2.05, 4.69) is 15.1 Å². The maximum atomic E-state index is 5.76. The van der Waals surface area contributed by atoms with Gasteiger partial charge in [0.15, 0.2) is 0 Å². The highest BCUT2D eigenvalue weighted by Crippen LogP contribution is 2.16. The topological polar surface area (TPSA) is 95.6 Å². The molecule has 6 nitrogen and oxygen atoms in total. The van der Waals surface area contributed by atoms with E-state index in [1.54, 1.807) is 29.3 Å². The van der Waals surface area contributed by atoms with Crippen LogP contribution in [0.4, 0.5) is 5.82 Å². The average molecular weight is 204 g/mol. The Morgan fingerprint density at radius 1 is 1.27 bits per heavy atom. The van der Waals surface area contributed by atoms with E-state index in [4.69, 9.17) is 11.5 Å². The molecule has 0 aliphatic heterocycles. The molecule has 0 fully saturated rings. The molecule has 4 N–H and O–H groups in total. The summed E-state index contributed by atoms with van der Waals surface area (Å²) in [7, 11) is 0. The lowest BCUT2D eigenvalue weighted by atomic mass is 10.3. The van der Waals surface area contributed by atoms with E-state index < -0.39 is 0 Å². The van der Waals surface area contributed by atoms with Gasteiger partial charge in [-0.15, -0.1) is 0 Å². The minimum absolute atomic E-state index is 0.506. The lowest BCUT2D eigenvalue weighted by Gasteiger charge is -1.99. The SMILES string of the molecule is NCCn1nc(-c2cnccn2)cc1N. The lowest BCUT2D eigenvalue weighted by Crippen LogP contribution is -2.13. The van der Waals surface area contributed by atoms with E-state index in [-0.39, 0.29) is 0 Å². The van der Waals surface area contributed by atoms with Crippen molar-refractivity contribution in [3.8, 4) is 11.4 Å². The van der Waals surface area contributed by atoms with Gasteiger partial charge in [-0.1, -0.05) is 0 Å². The molecule has 0 radical (unpaired) electrons. The quantitative estimate of drug-likeness (QED) is 0.726. The molecule has 0 saturated carbocycles. The fourth-order valence-electron chi connectivity index (χ4n) is 1.29. The third-order valence-corrected chi connectivity index (χ3v) is 1.98. The second-order valence-electron chi connectivity index (χ2n) is 3.06. The average Bonchev–Trinajstić information content (AvgIpc) is 2.63. The maximum Gasteiger partial charge on any atom is 0.122 e. The second-order valence-corrected chi connectivity index (χ2v) is 3.06. The van der Waals surface area contributed by atoms with Crippen molar-refractivity contribution in [2.45, 2.75) is 6.54 Å². The van der Waals surface area contributed by atoms with Gasteiger partial charge in [0, 0.05) is 25.0 Å². The lowest BCUT2D eigenvalue weighted by molar-refractivity contribution is 0.635. The van der Waals surface area contributed by atoms with Crippen molar-refractivity contribution in [2.24, 2.45) is 5.73 Å². The van der Waals surface area contributed by atoms with Crippen LogP contribution >= 0.6 is 0 Å². The Morgan fingerprint density at radius 3 is 2.80 bits per heavy atom. The van der Waals surface area contributed by atoms with Crippen molar-refractivity contribution in [3.05, 3.63) is 24.7 Å². The van der Waals surface area contributed by atoms with Crippen LogP contribution in [0.25, 0.3) is 11.4 Å². The number of nitrogen functional groups attached to an aromatic ring is 1. The Hall–Kier alpha value is -1.95. The maximum absolute atomic E-state index is 5.76. The first kappa shape index (κ1) is 9.60. The fourth-order valence-corrected chi connectivity index (χ4v) is 1.29. The fraction of sp³-hybridized carbons (Fsp3) is 0.222. The van der Waals surface area contributed by atoms with Gasteiger partial charge in [0.25, 0.3) is 0 Å². The normalized spacial score (nSPS) is 10.5. The van der Waals surface area contributed by atoms with Crippen LogP contribution in [-0.2, 0) is 6.54 Å². The number of rotatable bonds is 3. The van der Waals surface area contributed by atoms with E-state index >= 15 is 0 Å². The van der Waals surface area contributed by atoms with Crippen LogP contribution in [0.15, 0.2) is 24.7 Å². The summed E-state index contributed by atoms with van der Waals surface area (Å²) in [6, 6.07) is 1.76. The Balaban J connectivity index is 2.34. The molecule has 0 saturated heterocycles. The van der Waals surface area contributed by atoms with Crippen molar-refractivity contribution in [3.63, 3.8) is 0 Å². The molecule has 0 amide bonds. The molecule has 0 aliphatic rings. The predicted molar refractivity (Wildman–Crippen MR) is 56.7 cm³/mol. The molecular formula is C9H12N6. The summed E-state index contributed by atoms with van der Waals surface area (Å²) in [4.78, 5) is 8.11. The molecule has 2 aromatic heterocycles. The van der Waals surface area contributed by atoms with E-state index in [1.807, 2.05) is 0 Å². The summed E-state index contributed by atoms with van der Waals surface area (Å²) >= 11 is 0. The number of anilines is 1. The van der Waals surface area contributed by atoms with Crippen molar-refractivity contribution in [1.29, 1.82) is 0 Å². The first-order valence-corrected chi connectivity index (χ1v) is 4.61. The first-order valence-electron chi connectivity index (χ1n) is 4.61. The van der Waals surface area contributed by atoms with Gasteiger partial charge in [0.05, 0.1) is 12.7 Å². The van der Waals surface area contributed by atoms with Crippen LogP contribution in [-0.4, -0.2) is 26.3 Å². The predicted octanol–water partition coefficient (Wildman–Crippen LogP) is -0.119. The zero-order valence-electron chi connectivity index (χ0n) is 8.17. The van der Waals surface area contributed by atoms with Gasteiger partial charge in [-0.05, 0) is 0 Å². The molecule has 0 aliphatic carbocycles. The molecule has 0 atom stereocenters. The van der Waals surface area contributed by atoms with Crippen molar-refractivity contribution >= 4 is 5.82 Å². The van der Waals surface area contributed by atoms with Gasteiger partial charge >= 0.3 is 0 Å². The minimum atomic E-state index is 0.506. The number of nitrogens with zero attached hydrogens (tertiary/aromatic N) is 4. The number of hydrogen-bond acceptors (Lipinski definition) is 5. The van der Waals surface area contributed by atoms with Crippen LogP contribution in [0.5, 0.6) is 0 Å². The van der Waals surface area contributed by atoms with Crippen molar-refractivity contribution < 1.29 is 0 Å². The van der Waals surface area contributed by atoms with Crippen LogP contribution < -0.4 is 11.5 Å². The van der Waals surface area contributed by atoms with Gasteiger partial charge in [-0.25, -0.2) is 4.68 Å². The third kappa shape index (κ3) is 1.94. The van der Waals surface area contributed by atoms with E-state index in [0.29, 0.717) is 30.3 Å². The molecule has 0 unspecified atom stereocenters. The number of aromatic nitrogens is 4. The van der Waals surface area contributed by atoms with Gasteiger partial charge in [0.1, 0.15) is 17.2 Å². The molecule has 6 heteroatoms. The van der Waals surface area contributed by atoms with Crippen LogP contribution in [0.1, 0.15) is 0 Å². The summed E-state index contributed by atoms with van der Waals surface area (Å²) in [6.07, 6.45) is 4.88. The van der Waals surface area contributed by atoms with E-state index in [9.17, 15) is 0 Å². The molecule has 0 spiro atoms. The Kier molecular flexibility index (Phi) is 2.59. The molecule has 2 aromatic rings. The second kappa shape index (κ2) is 4.05. The summed E-state index contributed by atoms with van der Waals surface area (Å²) in [6.45, 7) is 1.11. The molecule has 0 aromatic carbocycles. The molecule has 2 heterocycles. The van der Waals surface area contributed by atoms with E-state index in [1.165, 1.54) is 0 Å². The molecule has 0 bridgehead atoms. The van der Waals surface area contributed by atoms with Crippen molar-refractivity contribution in [1.82, 2.24) is 19.7 Å². The number of nitrogens with two attached hydrogens (primary N) is 2. The molecule has 2 rings (SSSR count). The highest BCUT2D eigenvalue weighted by molar-refractivity contribution is 5.56. The Bertz CT molecular complexity index is 435. The monoisotopic (exact) mass is 204 g/mol. The van der Waals surface area contributed by atoms with Crippen LogP contribution in [0.2, 0.25) is 0 Å².